The molecule has 4 rings (SSSR count). The molecule has 24 heavy (non-hydrogen) atoms. The van der Waals surface area contributed by atoms with Crippen molar-refractivity contribution in [1.29, 1.82) is 0 Å². The molecule has 0 saturated carbocycles. The van der Waals surface area contributed by atoms with Crippen molar-refractivity contribution >= 4 is 23.2 Å². The van der Waals surface area contributed by atoms with Crippen molar-refractivity contribution < 1.29 is 9.84 Å². The van der Waals surface area contributed by atoms with E-state index in [0.717, 1.165) is 24.9 Å². The number of ether oxygens (including phenoxy) is 1. The van der Waals surface area contributed by atoms with Gasteiger partial charge >= 0.3 is 0 Å². The molecule has 0 unspecified atom stereocenters. The van der Waals surface area contributed by atoms with Gasteiger partial charge in [-0.1, -0.05) is 41.4 Å². The molecule has 0 radical (unpaired) electrons. The van der Waals surface area contributed by atoms with E-state index in [1.54, 1.807) is 0 Å². The zero-order valence-corrected chi connectivity index (χ0v) is 14.7. The summed E-state index contributed by atoms with van der Waals surface area (Å²) in [6.07, 6.45) is 1.32. The number of aliphatic hydroxyl groups is 1. The van der Waals surface area contributed by atoms with Crippen molar-refractivity contribution in [2.45, 2.75) is 31.1 Å². The second-order valence-corrected chi connectivity index (χ2v) is 7.36. The first-order valence-corrected chi connectivity index (χ1v) is 8.99. The lowest BCUT2D eigenvalue weighted by atomic mass is 10.1. The highest BCUT2D eigenvalue weighted by atomic mass is 35.5. The Balaban J connectivity index is 1.68. The molecule has 1 heterocycles. The lowest BCUT2D eigenvalue weighted by Gasteiger charge is -2.30. The van der Waals surface area contributed by atoms with Crippen molar-refractivity contribution in [2.24, 2.45) is 0 Å². The van der Waals surface area contributed by atoms with Crippen LogP contribution in [-0.2, 0) is 6.42 Å². The second-order valence-electron chi connectivity index (χ2n) is 6.52. The van der Waals surface area contributed by atoms with Gasteiger partial charge in [-0.05, 0) is 48.2 Å². The highest BCUT2D eigenvalue weighted by molar-refractivity contribution is 6.32. The normalized spacial score (nSPS) is 26.5. The topological polar surface area (TPSA) is 32.7 Å². The van der Waals surface area contributed by atoms with Crippen molar-refractivity contribution in [3.63, 3.8) is 0 Å². The maximum absolute atomic E-state index is 9.92. The molecule has 1 fully saturated rings. The van der Waals surface area contributed by atoms with E-state index in [2.05, 4.69) is 11.0 Å². The SMILES string of the molecule is O[C@@H]1CCN([C@H]2Cc3ccc(Cl)cc3[C@@H]2Oc2ccccc2Cl)C1. The summed E-state index contributed by atoms with van der Waals surface area (Å²) in [5, 5.41) is 11.2. The number of para-hydroxylation sites is 1. The first-order valence-electron chi connectivity index (χ1n) is 8.23. The van der Waals surface area contributed by atoms with Gasteiger partial charge in [0.2, 0.25) is 0 Å². The average Bonchev–Trinajstić information content (AvgIpc) is 3.14. The molecule has 1 N–H and O–H groups in total. The Labute approximate surface area is 151 Å². The zero-order valence-electron chi connectivity index (χ0n) is 13.2. The fourth-order valence-electron chi connectivity index (χ4n) is 3.77. The lowest BCUT2D eigenvalue weighted by molar-refractivity contribution is 0.0819. The predicted octanol–water partition coefficient (Wildman–Crippen LogP) is 4.10. The van der Waals surface area contributed by atoms with Gasteiger partial charge in [0, 0.05) is 18.1 Å². The summed E-state index contributed by atoms with van der Waals surface area (Å²) in [7, 11) is 0. The Morgan fingerprint density at radius 2 is 1.96 bits per heavy atom. The number of likely N-dealkylation sites (tertiary alicyclic amines) is 1. The fraction of sp³-hybridized carbons (Fsp3) is 0.368. The van der Waals surface area contributed by atoms with Crippen LogP contribution in [-0.4, -0.2) is 35.2 Å². The molecule has 1 aliphatic carbocycles. The third kappa shape index (κ3) is 3.02. The number of hydrogen-bond donors (Lipinski definition) is 1. The van der Waals surface area contributed by atoms with Gasteiger partial charge in [0.1, 0.15) is 11.9 Å². The Kier molecular flexibility index (Phi) is 4.44. The number of benzene rings is 2. The van der Waals surface area contributed by atoms with E-state index in [1.165, 1.54) is 5.56 Å². The summed E-state index contributed by atoms with van der Waals surface area (Å²) >= 11 is 12.5. The van der Waals surface area contributed by atoms with Gasteiger partial charge in [-0.15, -0.1) is 0 Å². The quantitative estimate of drug-likeness (QED) is 0.890. The van der Waals surface area contributed by atoms with Gasteiger partial charge in [-0.2, -0.15) is 0 Å². The average molecular weight is 364 g/mol. The minimum absolute atomic E-state index is 0.135. The van der Waals surface area contributed by atoms with E-state index in [1.807, 2.05) is 36.4 Å². The van der Waals surface area contributed by atoms with Gasteiger partial charge in [-0.3, -0.25) is 4.90 Å². The Morgan fingerprint density at radius 3 is 2.71 bits per heavy atom. The second kappa shape index (κ2) is 6.57. The highest BCUT2D eigenvalue weighted by Crippen LogP contribution is 2.41. The van der Waals surface area contributed by atoms with Crippen molar-refractivity contribution in [1.82, 2.24) is 4.90 Å². The molecule has 2 aromatic rings. The molecule has 1 saturated heterocycles. The maximum Gasteiger partial charge on any atom is 0.140 e. The van der Waals surface area contributed by atoms with Crippen LogP contribution in [0.1, 0.15) is 23.7 Å². The molecular formula is C19H19Cl2NO2. The van der Waals surface area contributed by atoms with Gasteiger partial charge in [0.25, 0.3) is 0 Å². The zero-order chi connectivity index (χ0) is 16.7. The largest absolute Gasteiger partial charge is 0.483 e. The fourth-order valence-corrected chi connectivity index (χ4v) is 4.13. The van der Waals surface area contributed by atoms with Gasteiger partial charge in [-0.25, -0.2) is 0 Å². The van der Waals surface area contributed by atoms with Crippen LogP contribution in [0.15, 0.2) is 42.5 Å². The van der Waals surface area contributed by atoms with E-state index in [0.29, 0.717) is 22.3 Å². The molecule has 3 atom stereocenters. The van der Waals surface area contributed by atoms with E-state index in [-0.39, 0.29) is 18.2 Å². The molecule has 0 amide bonds. The molecule has 5 heteroatoms. The molecule has 0 bridgehead atoms. The minimum atomic E-state index is -0.252. The van der Waals surface area contributed by atoms with Crippen molar-refractivity contribution in [3.8, 4) is 5.75 Å². The molecule has 0 aromatic heterocycles. The molecule has 0 spiro atoms. The number of fused-ring (bicyclic) bond motifs is 1. The van der Waals surface area contributed by atoms with Crippen LogP contribution in [0.4, 0.5) is 0 Å². The Hall–Kier alpha value is -1.26. The number of rotatable bonds is 3. The molecule has 126 valence electrons. The summed E-state index contributed by atoms with van der Waals surface area (Å²) in [5.41, 5.74) is 2.37. The van der Waals surface area contributed by atoms with Gasteiger partial charge < -0.3 is 9.84 Å². The van der Waals surface area contributed by atoms with E-state index < -0.39 is 0 Å². The predicted molar refractivity (Wildman–Crippen MR) is 96.0 cm³/mol. The Bertz CT molecular complexity index is 752. The van der Waals surface area contributed by atoms with Crippen LogP contribution in [0.2, 0.25) is 10.0 Å². The molecular weight excluding hydrogens is 345 g/mol. The van der Waals surface area contributed by atoms with Crippen LogP contribution in [0.3, 0.4) is 0 Å². The van der Waals surface area contributed by atoms with Gasteiger partial charge in [0.05, 0.1) is 17.2 Å². The van der Waals surface area contributed by atoms with Crippen molar-refractivity contribution in [2.75, 3.05) is 13.1 Å². The number of aliphatic hydroxyl groups excluding tert-OH is 1. The number of β-amino-alcohol motifs (C(OH)–C–C–N with tert-alkyl or cyclic N) is 1. The molecule has 1 aliphatic heterocycles. The van der Waals surface area contributed by atoms with E-state index in [4.69, 9.17) is 27.9 Å². The van der Waals surface area contributed by atoms with Crippen molar-refractivity contribution in [3.05, 3.63) is 63.6 Å². The van der Waals surface area contributed by atoms with Crippen LogP contribution in [0, 0.1) is 0 Å². The first-order chi connectivity index (χ1) is 11.6. The van der Waals surface area contributed by atoms with Crippen LogP contribution < -0.4 is 4.74 Å². The number of halogens is 2. The van der Waals surface area contributed by atoms with Crippen LogP contribution in [0.25, 0.3) is 0 Å². The highest BCUT2D eigenvalue weighted by Gasteiger charge is 2.40. The molecule has 3 nitrogen and oxygen atoms in total. The smallest absolute Gasteiger partial charge is 0.140 e. The third-order valence-electron chi connectivity index (χ3n) is 4.95. The van der Waals surface area contributed by atoms with Crippen LogP contribution in [0.5, 0.6) is 5.75 Å². The molecule has 2 aliphatic rings. The summed E-state index contributed by atoms with van der Waals surface area (Å²) < 4.78 is 6.33. The first kappa shape index (κ1) is 16.2. The summed E-state index contributed by atoms with van der Waals surface area (Å²) in [6, 6.07) is 13.7. The van der Waals surface area contributed by atoms with Gasteiger partial charge in [0.15, 0.2) is 0 Å². The number of hydrogen-bond acceptors (Lipinski definition) is 3. The third-order valence-corrected chi connectivity index (χ3v) is 5.49. The van der Waals surface area contributed by atoms with Crippen LogP contribution >= 0.6 is 23.2 Å². The lowest BCUT2D eigenvalue weighted by Crippen LogP contribution is -2.39. The maximum atomic E-state index is 9.92. The summed E-state index contributed by atoms with van der Waals surface area (Å²) in [5.74, 6) is 0.682. The monoisotopic (exact) mass is 363 g/mol. The van der Waals surface area contributed by atoms with E-state index in [9.17, 15) is 5.11 Å². The summed E-state index contributed by atoms with van der Waals surface area (Å²) in [6.45, 7) is 1.57. The standard InChI is InChI=1S/C19H19Cl2NO2/c20-13-6-5-12-9-17(22-8-7-14(23)11-22)19(15(12)10-13)24-18-4-2-1-3-16(18)21/h1-6,10,14,17,19,23H,7-9,11H2/t14-,17+,19+/m1/s1. The molecule has 2 aromatic carbocycles. The summed E-state index contributed by atoms with van der Waals surface area (Å²) in [4.78, 5) is 2.32. The number of nitrogens with zero attached hydrogens (tertiary/aromatic N) is 1. The Morgan fingerprint density at radius 1 is 1.12 bits per heavy atom. The minimum Gasteiger partial charge on any atom is -0.483 e. The van der Waals surface area contributed by atoms with E-state index >= 15 is 0 Å².